The molecular weight excluding hydrogens is 322 g/mol. The molecule has 3 aromatic rings. The minimum Gasteiger partial charge on any atom is -0.311 e. The number of aromatic nitrogens is 3. The Labute approximate surface area is 122 Å². The van der Waals surface area contributed by atoms with Gasteiger partial charge in [-0.25, -0.2) is 0 Å². The van der Waals surface area contributed by atoms with Crippen LogP contribution in [0.25, 0.3) is 16.6 Å². The van der Waals surface area contributed by atoms with Crippen molar-refractivity contribution in [2.45, 2.75) is 0 Å². The number of rotatable bonds is 3. The number of fused-ring (bicyclic) bond motifs is 1. The second kappa shape index (κ2) is 4.72. The summed E-state index contributed by atoms with van der Waals surface area (Å²) in [6.45, 7) is 0. The van der Waals surface area contributed by atoms with Crippen LogP contribution in [0, 0.1) is 0 Å². The van der Waals surface area contributed by atoms with Crippen LogP contribution >= 0.6 is 15.9 Å². The Hall–Kier alpha value is -2.21. The highest BCUT2D eigenvalue weighted by atomic mass is 79.9. The lowest BCUT2D eigenvalue weighted by atomic mass is 10.2. The van der Waals surface area contributed by atoms with Gasteiger partial charge in [0.05, 0.1) is 10.9 Å². The van der Waals surface area contributed by atoms with Crippen LogP contribution < -0.4 is 0 Å². The number of hydrogen-bond acceptors (Lipinski definition) is 3. The Morgan fingerprint density at radius 1 is 1.30 bits per heavy atom. The van der Waals surface area contributed by atoms with Crippen molar-refractivity contribution in [1.29, 1.82) is 0 Å². The molecule has 0 bridgehead atoms. The van der Waals surface area contributed by atoms with Crippen molar-refractivity contribution < 1.29 is 9.59 Å². The van der Waals surface area contributed by atoms with Gasteiger partial charge in [-0.2, -0.15) is 5.10 Å². The van der Waals surface area contributed by atoms with Crippen LogP contribution in [-0.4, -0.2) is 26.4 Å². The number of carbonyl (C=O) groups is 2. The number of hydrogen-bond donors (Lipinski definition) is 0. The molecule has 0 unspecified atom stereocenters. The highest BCUT2D eigenvalue weighted by Crippen LogP contribution is 2.29. The predicted molar refractivity (Wildman–Crippen MR) is 78.1 cm³/mol. The van der Waals surface area contributed by atoms with E-state index in [0.717, 1.165) is 11.1 Å². The number of carbonyl (C=O) groups excluding carboxylic acids is 2. The Morgan fingerprint density at radius 3 is 2.65 bits per heavy atom. The summed E-state index contributed by atoms with van der Waals surface area (Å²) in [7, 11) is 1.74. The lowest BCUT2D eigenvalue weighted by molar-refractivity contribution is -0.104. The molecule has 0 aliphatic carbocycles. The van der Waals surface area contributed by atoms with Gasteiger partial charge in [-0.05, 0) is 28.1 Å². The molecule has 6 heteroatoms. The van der Waals surface area contributed by atoms with Gasteiger partial charge in [-0.15, -0.1) is 0 Å². The van der Waals surface area contributed by atoms with Crippen molar-refractivity contribution >= 4 is 38.9 Å². The van der Waals surface area contributed by atoms with E-state index in [-0.39, 0.29) is 0 Å². The third-order valence-corrected chi connectivity index (χ3v) is 3.72. The fourth-order valence-corrected chi connectivity index (χ4v) is 2.82. The van der Waals surface area contributed by atoms with Crippen molar-refractivity contribution in [1.82, 2.24) is 14.3 Å². The summed E-state index contributed by atoms with van der Waals surface area (Å²) < 4.78 is 3.95. The van der Waals surface area contributed by atoms with Gasteiger partial charge >= 0.3 is 0 Å². The Balaban J connectivity index is 2.40. The molecule has 0 atom stereocenters. The summed E-state index contributed by atoms with van der Waals surface area (Å²) in [6.07, 6.45) is 2.13. The molecule has 0 saturated carbocycles. The van der Waals surface area contributed by atoms with Crippen molar-refractivity contribution in [3.8, 4) is 5.69 Å². The number of halogens is 1. The normalized spacial score (nSPS) is 10.9. The SMILES string of the molecule is Cn1nc(Br)c2cn(-c3ccccc3)c(C(=O)C=O)c21. The molecule has 0 fully saturated rings. The summed E-state index contributed by atoms with van der Waals surface area (Å²) in [6, 6.07) is 9.40. The molecule has 0 saturated heterocycles. The molecule has 1 aromatic carbocycles. The summed E-state index contributed by atoms with van der Waals surface area (Å²) in [4.78, 5) is 22.9. The fraction of sp³-hybridized carbons (Fsp3) is 0.0714. The quantitative estimate of drug-likeness (QED) is 0.421. The molecule has 0 spiro atoms. The number of aldehydes is 1. The highest BCUT2D eigenvalue weighted by molar-refractivity contribution is 9.10. The van der Waals surface area contributed by atoms with E-state index in [1.807, 2.05) is 30.3 Å². The topological polar surface area (TPSA) is 56.9 Å². The van der Waals surface area contributed by atoms with Crippen LogP contribution in [-0.2, 0) is 11.8 Å². The maximum absolute atomic E-state index is 12.0. The average molecular weight is 332 g/mol. The highest BCUT2D eigenvalue weighted by Gasteiger charge is 2.22. The summed E-state index contributed by atoms with van der Waals surface area (Å²) in [5, 5.41) is 5.01. The standard InChI is InChI=1S/C14H10BrN3O2/c1-17-12-10(14(15)16-17)7-18(13(12)11(20)8-19)9-5-3-2-4-6-9/h2-8H,1H3. The summed E-state index contributed by atoms with van der Waals surface area (Å²) >= 11 is 3.36. The molecule has 2 heterocycles. The van der Waals surface area contributed by atoms with Crippen LogP contribution in [0.1, 0.15) is 10.5 Å². The minimum atomic E-state index is -0.570. The van der Waals surface area contributed by atoms with Gasteiger partial charge < -0.3 is 4.57 Å². The van der Waals surface area contributed by atoms with E-state index in [9.17, 15) is 9.59 Å². The van der Waals surface area contributed by atoms with E-state index in [1.165, 1.54) is 0 Å². The lowest BCUT2D eigenvalue weighted by Crippen LogP contribution is -2.10. The van der Waals surface area contributed by atoms with E-state index in [0.29, 0.717) is 22.1 Å². The maximum Gasteiger partial charge on any atom is 0.244 e. The smallest absolute Gasteiger partial charge is 0.244 e. The number of benzene rings is 1. The Kier molecular flexibility index (Phi) is 3.02. The second-order valence-corrected chi connectivity index (χ2v) is 5.09. The van der Waals surface area contributed by atoms with Crippen LogP contribution in [0.5, 0.6) is 0 Å². The molecule has 0 aliphatic rings. The Bertz CT molecular complexity index is 818. The van der Waals surface area contributed by atoms with E-state index in [4.69, 9.17) is 0 Å². The average Bonchev–Trinajstić information content (AvgIpc) is 2.98. The van der Waals surface area contributed by atoms with E-state index < -0.39 is 5.78 Å². The molecule has 0 N–H and O–H groups in total. The first-order valence-electron chi connectivity index (χ1n) is 5.92. The fourth-order valence-electron chi connectivity index (χ4n) is 2.29. The van der Waals surface area contributed by atoms with Crippen LogP contribution in [0.15, 0.2) is 41.1 Å². The van der Waals surface area contributed by atoms with E-state index in [1.54, 1.807) is 22.5 Å². The van der Waals surface area contributed by atoms with Gasteiger partial charge in [0.25, 0.3) is 0 Å². The zero-order valence-electron chi connectivity index (χ0n) is 10.6. The van der Waals surface area contributed by atoms with Gasteiger partial charge in [-0.3, -0.25) is 14.3 Å². The van der Waals surface area contributed by atoms with Crippen molar-refractivity contribution in [3.63, 3.8) is 0 Å². The summed E-state index contributed by atoms with van der Waals surface area (Å²) in [5.41, 5.74) is 1.78. The van der Waals surface area contributed by atoms with E-state index in [2.05, 4.69) is 21.0 Å². The van der Waals surface area contributed by atoms with Gasteiger partial charge in [-0.1, -0.05) is 18.2 Å². The van der Waals surface area contributed by atoms with Gasteiger partial charge in [0.1, 0.15) is 10.3 Å². The first-order valence-corrected chi connectivity index (χ1v) is 6.71. The number of ketones is 1. The third-order valence-electron chi connectivity index (χ3n) is 3.14. The first kappa shape index (κ1) is 12.8. The molecule has 3 rings (SSSR count). The Morgan fingerprint density at radius 2 is 2.00 bits per heavy atom. The number of nitrogens with zero attached hydrogens (tertiary/aromatic N) is 3. The predicted octanol–water partition coefficient (Wildman–Crippen LogP) is 2.51. The number of aryl methyl sites for hydroxylation is 1. The molecule has 5 nitrogen and oxygen atoms in total. The molecule has 100 valence electrons. The third kappa shape index (κ3) is 1.80. The zero-order valence-corrected chi connectivity index (χ0v) is 12.2. The summed E-state index contributed by atoms with van der Waals surface area (Å²) in [5.74, 6) is -0.570. The second-order valence-electron chi connectivity index (χ2n) is 4.34. The number of Topliss-reactive ketones (excluding diaryl/α,β-unsaturated/α-hetero) is 1. The molecular formula is C14H10BrN3O2. The first-order chi connectivity index (χ1) is 9.63. The van der Waals surface area contributed by atoms with Crippen molar-refractivity contribution in [3.05, 3.63) is 46.8 Å². The molecule has 20 heavy (non-hydrogen) atoms. The van der Waals surface area contributed by atoms with Gasteiger partial charge in [0, 0.05) is 18.9 Å². The van der Waals surface area contributed by atoms with Gasteiger partial charge in [0.2, 0.25) is 5.78 Å². The monoisotopic (exact) mass is 331 g/mol. The minimum absolute atomic E-state index is 0.321. The van der Waals surface area contributed by atoms with E-state index >= 15 is 0 Å². The molecule has 0 amide bonds. The molecule has 0 radical (unpaired) electrons. The zero-order chi connectivity index (χ0) is 14.3. The lowest BCUT2D eigenvalue weighted by Gasteiger charge is -2.07. The largest absolute Gasteiger partial charge is 0.311 e. The van der Waals surface area contributed by atoms with Crippen molar-refractivity contribution in [2.75, 3.05) is 0 Å². The van der Waals surface area contributed by atoms with Crippen molar-refractivity contribution in [2.24, 2.45) is 7.05 Å². The van der Waals surface area contributed by atoms with Crippen LogP contribution in [0.2, 0.25) is 0 Å². The van der Waals surface area contributed by atoms with Crippen LogP contribution in [0.3, 0.4) is 0 Å². The van der Waals surface area contributed by atoms with Gasteiger partial charge in [0.15, 0.2) is 6.29 Å². The molecule has 0 aliphatic heterocycles. The maximum atomic E-state index is 12.0. The molecule has 2 aromatic heterocycles. The number of para-hydroxylation sites is 1. The van der Waals surface area contributed by atoms with Crippen LogP contribution in [0.4, 0.5) is 0 Å².